The molecule has 2 N–H and O–H groups in total. The average Bonchev–Trinajstić information content (AvgIpc) is 3.05. The Morgan fingerprint density at radius 1 is 1.19 bits per heavy atom. The van der Waals surface area contributed by atoms with Gasteiger partial charge in [-0.15, -0.1) is 0 Å². The minimum absolute atomic E-state index is 0.215. The molecule has 0 unspecified atom stereocenters. The first kappa shape index (κ1) is 16.3. The highest BCUT2D eigenvalue weighted by Gasteiger charge is 2.11. The van der Waals surface area contributed by atoms with E-state index in [1.54, 1.807) is 13.4 Å². The molecule has 0 aliphatic rings. The fraction of sp³-hybridized carbons (Fsp3) is 0.211. The zero-order valence-electron chi connectivity index (χ0n) is 14.4. The maximum Gasteiger partial charge on any atom is 0.278 e. The molecule has 2 aromatic carbocycles. The lowest BCUT2D eigenvalue weighted by molar-refractivity contribution is 0.210. The van der Waals surface area contributed by atoms with Crippen molar-refractivity contribution in [2.24, 2.45) is 0 Å². The quantitative estimate of drug-likeness (QED) is 0.522. The Bertz CT molecular complexity index is 1120. The molecule has 4 rings (SSSR count). The number of aromatic amines is 1. The number of imidazole rings is 1. The van der Waals surface area contributed by atoms with Gasteiger partial charge in [0.2, 0.25) is 5.95 Å². The lowest BCUT2D eigenvalue weighted by atomic mass is 10.1. The van der Waals surface area contributed by atoms with Crippen molar-refractivity contribution in [1.29, 1.82) is 0 Å². The minimum atomic E-state index is -0.215. The van der Waals surface area contributed by atoms with Crippen LogP contribution in [-0.4, -0.2) is 39.8 Å². The van der Waals surface area contributed by atoms with Gasteiger partial charge in [-0.1, -0.05) is 36.4 Å². The number of methoxy groups -OCH3 is 1. The third-order valence-corrected chi connectivity index (χ3v) is 4.25. The van der Waals surface area contributed by atoms with Crippen LogP contribution in [0.1, 0.15) is 5.56 Å². The molecule has 7 nitrogen and oxygen atoms in total. The molecule has 0 fully saturated rings. The number of hydrogen-bond donors (Lipinski definition) is 2. The molecule has 0 saturated carbocycles. The summed E-state index contributed by atoms with van der Waals surface area (Å²) in [5, 5.41) is 5.38. The van der Waals surface area contributed by atoms with Gasteiger partial charge in [-0.25, -0.2) is 4.98 Å². The first-order valence-corrected chi connectivity index (χ1v) is 8.40. The lowest BCUT2D eigenvalue weighted by Gasteiger charge is -2.07. The Balaban J connectivity index is 1.65. The topological polar surface area (TPSA) is 84.8 Å². The van der Waals surface area contributed by atoms with Gasteiger partial charge in [-0.05, 0) is 22.4 Å². The van der Waals surface area contributed by atoms with Crippen LogP contribution in [0.3, 0.4) is 0 Å². The minimum Gasteiger partial charge on any atom is -0.383 e. The van der Waals surface area contributed by atoms with Crippen molar-refractivity contribution in [3.05, 3.63) is 64.7 Å². The number of nitrogens with zero attached hydrogens (tertiary/aromatic N) is 3. The predicted molar refractivity (Wildman–Crippen MR) is 102 cm³/mol. The van der Waals surface area contributed by atoms with Crippen LogP contribution >= 0.6 is 0 Å². The van der Waals surface area contributed by atoms with E-state index in [-0.39, 0.29) is 5.56 Å². The van der Waals surface area contributed by atoms with Crippen LogP contribution in [0.5, 0.6) is 0 Å². The summed E-state index contributed by atoms with van der Waals surface area (Å²) in [4.78, 5) is 23.9. The smallest absolute Gasteiger partial charge is 0.278 e. The van der Waals surface area contributed by atoms with Crippen molar-refractivity contribution in [2.75, 3.05) is 25.6 Å². The molecule has 0 bridgehead atoms. The number of fused-ring (bicyclic) bond motifs is 2. The molecule has 0 atom stereocenters. The average molecular weight is 349 g/mol. The number of aromatic nitrogens is 4. The lowest BCUT2D eigenvalue weighted by Crippen LogP contribution is -2.17. The van der Waals surface area contributed by atoms with E-state index in [1.807, 2.05) is 16.7 Å². The van der Waals surface area contributed by atoms with Gasteiger partial charge in [0.15, 0.2) is 11.2 Å². The van der Waals surface area contributed by atoms with Crippen LogP contribution in [0.4, 0.5) is 5.95 Å². The second-order valence-electron chi connectivity index (χ2n) is 6.06. The fourth-order valence-corrected chi connectivity index (χ4v) is 3.00. The summed E-state index contributed by atoms with van der Waals surface area (Å²) in [6, 6.07) is 14.5. The predicted octanol–water partition coefficient (Wildman–Crippen LogP) is 2.38. The standard InChI is InChI=1S/C19H19N5O2/c1-26-9-8-20-19-22-17-16(18(25)23-19)24(12-21-17)11-13-6-7-14-4-2-3-5-15(14)10-13/h2-7,10,12H,8-9,11H2,1H3,(H2,20,22,23,25). The third-order valence-electron chi connectivity index (χ3n) is 4.25. The van der Waals surface area contributed by atoms with Crippen molar-refractivity contribution in [3.63, 3.8) is 0 Å². The number of nitrogens with one attached hydrogen (secondary N) is 2. The number of ether oxygens (including phenoxy) is 1. The molecule has 0 radical (unpaired) electrons. The largest absolute Gasteiger partial charge is 0.383 e. The molecule has 0 aliphatic carbocycles. The fourth-order valence-electron chi connectivity index (χ4n) is 3.00. The molecule has 26 heavy (non-hydrogen) atoms. The molecule has 2 aromatic heterocycles. The molecule has 2 heterocycles. The molecular formula is C19H19N5O2. The van der Waals surface area contributed by atoms with E-state index in [9.17, 15) is 4.79 Å². The molecule has 4 aromatic rings. The van der Waals surface area contributed by atoms with Crippen molar-refractivity contribution in [1.82, 2.24) is 19.5 Å². The zero-order valence-corrected chi connectivity index (χ0v) is 14.4. The summed E-state index contributed by atoms with van der Waals surface area (Å²) in [7, 11) is 1.62. The first-order chi connectivity index (χ1) is 12.7. The van der Waals surface area contributed by atoms with Gasteiger partial charge in [-0.3, -0.25) is 9.78 Å². The molecule has 0 amide bonds. The Morgan fingerprint density at radius 2 is 2.04 bits per heavy atom. The maximum absolute atomic E-state index is 12.5. The number of rotatable bonds is 6. The Kier molecular flexibility index (Phi) is 4.37. The van der Waals surface area contributed by atoms with Crippen LogP contribution in [-0.2, 0) is 11.3 Å². The Morgan fingerprint density at radius 3 is 2.88 bits per heavy atom. The summed E-state index contributed by atoms with van der Waals surface area (Å²) in [6.45, 7) is 1.64. The molecule has 0 saturated heterocycles. The number of hydrogen-bond acceptors (Lipinski definition) is 5. The summed E-state index contributed by atoms with van der Waals surface area (Å²) in [5.74, 6) is 0.399. The molecule has 132 valence electrons. The monoisotopic (exact) mass is 349 g/mol. The zero-order chi connectivity index (χ0) is 17.9. The van der Waals surface area contributed by atoms with Gasteiger partial charge in [-0.2, -0.15) is 4.98 Å². The highest BCUT2D eigenvalue weighted by molar-refractivity contribution is 5.83. The van der Waals surface area contributed by atoms with Crippen LogP contribution in [0.15, 0.2) is 53.6 Å². The van der Waals surface area contributed by atoms with Crippen LogP contribution < -0.4 is 10.9 Å². The molecule has 0 aliphatic heterocycles. The summed E-state index contributed by atoms with van der Waals surface area (Å²) < 4.78 is 6.80. The summed E-state index contributed by atoms with van der Waals surface area (Å²) in [6.07, 6.45) is 1.65. The second-order valence-corrected chi connectivity index (χ2v) is 6.06. The van der Waals surface area contributed by atoms with Crippen molar-refractivity contribution >= 4 is 27.9 Å². The molecular weight excluding hydrogens is 330 g/mol. The summed E-state index contributed by atoms with van der Waals surface area (Å²) in [5.41, 5.74) is 1.78. The van der Waals surface area contributed by atoms with E-state index in [2.05, 4.69) is 50.6 Å². The molecule has 7 heteroatoms. The van der Waals surface area contributed by atoms with Gasteiger partial charge in [0, 0.05) is 20.2 Å². The maximum atomic E-state index is 12.5. The van der Waals surface area contributed by atoms with E-state index in [1.165, 1.54) is 10.8 Å². The van der Waals surface area contributed by atoms with Crippen molar-refractivity contribution in [2.45, 2.75) is 6.54 Å². The molecule has 0 spiro atoms. The van der Waals surface area contributed by atoms with E-state index >= 15 is 0 Å². The van der Waals surface area contributed by atoms with E-state index in [0.29, 0.717) is 36.8 Å². The van der Waals surface area contributed by atoms with Crippen LogP contribution in [0.2, 0.25) is 0 Å². The Labute approximate surface area is 149 Å². The Hall–Kier alpha value is -3.19. The SMILES string of the molecule is COCCNc1nc2ncn(Cc3ccc4ccccc4c3)c2c(=O)[nH]1. The van der Waals surface area contributed by atoms with Gasteiger partial charge in [0.05, 0.1) is 12.9 Å². The van der Waals surface area contributed by atoms with E-state index in [4.69, 9.17) is 4.74 Å². The van der Waals surface area contributed by atoms with Gasteiger partial charge in [0.25, 0.3) is 5.56 Å². The van der Waals surface area contributed by atoms with E-state index in [0.717, 1.165) is 5.56 Å². The number of H-pyrrole nitrogens is 1. The normalized spacial score (nSPS) is 11.3. The second kappa shape index (κ2) is 6.97. The van der Waals surface area contributed by atoms with Crippen LogP contribution in [0, 0.1) is 0 Å². The van der Waals surface area contributed by atoms with Gasteiger partial charge < -0.3 is 14.6 Å². The summed E-state index contributed by atoms with van der Waals surface area (Å²) >= 11 is 0. The first-order valence-electron chi connectivity index (χ1n) is 8.40. The van der Waals surface area contributed by atoms with Gasteiger partial charge in [0.1, 0.15) is 0 Å². The number of anilines is 1. The highest BCUT2D eigenvalue weighted by atomic mass is 16.5. The van der Waals surface area contributed by atoms with Crippen molar-refractivity contribution in [3.8, 4) is 0 Å². The highest BCUT2D eigenvalue weighted by Crippen LogP contribution is 2.17. The third kappa shape index (κ3) is 3.16. The van der Waals surface area contributed by atoms with E-state index < -0.39 is 0 Å². The van der Waals surface area contributed by atoms with Crippen LogP contribution in [0.25, 0.3) is 21.9 Å². The van der Waals surface area contributed by atoms with Crippen molar-refractivity contribution < 1.29 is 4.74 Å². The number of benzene rings is 2. The van der Waals surface area contributed by atoms with Gasteiger partial charge >= 0.3 is 0 Å².